The number of pyridine rings is 1. The monoisotopic (exact) mass is 527 g/mol. The van der Waals surface area contributed by atoms with Crippen molar-refractivity contribution in [2.45, 2.75) is 50.9 Å². The number of nitrogens with zero attached hydrogens (tertiary/aromatic N) is 4. The van der Waals surface area contributed by atoms with Crippen molar-refractivity contribution in [3.8, 4) is 11.3 Å². The number of Topliss-reactive ketones (excluding diaryl/α,β-unsaturated/α-hetero) is 1. The molecule has 5 rings (SSSR count). The SMILES string of the molecule is Cc1c(-c2ccc(Nc3cc(CC(=O)C4CC4)nc4c3N=C(C(F)F)C4)c(S(C)(=O)=O)c2)nn(C)c1C. The van der Waals surface area contributed by atoms with Crippen molar-refractivity contribution in [3.05, 3.63) is 46.9 Å². The zero-order valence-electron chi connectivity index (χ0n) is 21.0. The number of hydrogen-bond donors (Lipinski definition) is 1. The van der Waals surface area contributed by atoms with Gasteiger partial charge in [0.2, 0.25) is 0 Å². The van der Waals surface area contributed by atoms with E-state index < -0.39 is 16.3 Å². The predicted molar refractivity (Wildman–Crippen MR) is 137 cm³/mol. The first-order chi connectivity index (χ1) is 17.4. The lowest BCUT2D eigenvalue weighted by Crippen LogP contribution is -2.11. The molecule has 2 aromatic heterocycles. The van der Waals surface area contributed by atoms with Crippen LogP contribution in [0.4, 0.5) is 25.8 Å². The van der Waals surface area contributed by atoms with Crippen LogP contribution in [0.2, 0.25) is 0 Å². The Kier molecular flexibility index (Phi) is 6.21. The smallest absolute Gasteiger partial charge is 0.277 e. The molecule has 0 amide bonds. The van der Waals surface area contributed by atoms with Crippen molar-refractivity contribution in [1.29, 1.82) is 0 Å². The third-order valence-corrected chi connectivity index (χ3v) is 8.06. The quantitative estimate of drug-likeness (QED) is 0.457. The second-order valence-electron chi connectivity index (χ2n) is 9.75. The molecular weight excluding hydrogens is 500 g/mol. The van der Waals surface area contributed by atoms with Crippen LogP contribution in [0, 0.1) is 19.8 Å². The van der Waals surface area contributed by atoms with Crippen LogP contribution in [0.3, 0.4) is 0 Å². The van der Waals surface area contributed by atoms with Gasteiger partial charge in [-0.25, -0.2) is 22.2 Å². The Morgan fingerprint density at radius 3 is 2.51 bits per heavy atom. The van der Waals surface area contributed by atoms with Gasteiger partial charge in [-0.1, -0.05) is 6.07 Å². The highest BCUT2D eigenvalue weighted by molar-refractivity contribution is 7.90. The summed E-state index contributed by atoms with van der Waals surface area (Å²) in [6.07, 6.45) is 0.0440. The minimum absolute atomic E-state index is 0.0300. The van der Waals surface area contributed by atoms with Crippen LogP contribution in [-0.2, 0) is 34.5 Å². The summed E-state index contributed by atoms with van der Waals surface area (Å²) in [5.41, 5.74) is 4.53. The number of aliphatic imine (C=N–C) groups is 1. The number of carbonyl (C=O) groups is 1. The molecule has 37 heavy (non-hydrogen) atoms. The number of ketones is 1. The van der Waals surface area contributed by atoms with Gasteiger partial charge >= 0.3 is 0 Å². The highest BCUT2D eigenvalue weighted by Gasteiger charge is 2.31. The summed E-state index contributed by atoms with van der Waals surface area (Å²) in [6, 6.07) is 6.55. The molecule has 1 fully saturated rings. The van der Waals surface area contributed by atoms with E-state index in [1.165, 1.54) is 0 Å². The first-order valence-electron chi connectivity index (χ1n) is 11.9. The van der Waals surface area contributed by atoms with Crippen molar-refractivity contribution >= 4 is 38.4 Å². The van der Waals surface area contributed by atoms with Gasteiger partial charge in [0.25, 0.3) is 6.43 Å². The van der Waals surface area contributed by atoms with E-state index in [0.29, 0.717) is 28.3 Å². The summed E-state index contributed by atoms with van der Waals surface area (Å²) in [7, 11) is -1.87. The van der Waals surface area contributed by atoms with Crippen molar-refractivity contribution in [3.63, 3.8) is 0 Å². The maximum Gasteiger partial charge on any atom is 0.277 e. The van der Waals surface area contributed by atoms with E-state index in [4.69, 9.17) is 0 Å². The highest BCUT2D eigenvalue weighted by atomic mass is 32.2. The molecule has 3 aromatic rings. The molecule has 2 aliphatic rings. The molecular formula is C26H27F2N5O3S. The molecule has 1 aromatic carbocycles. The van der Waals surface area contributed by atoms with Crippen molar-refractivity contribution in [2.75, 3.05) is 11.6 Å². The first kappa shape index (κ1) is 25.2. The van der Waals surface area contributed by atoms with Crippen LogP contribution in [-0.4, -0.2) is 47.4 Å². The largest absolute Gasteiger partial charge is 0.353 e. The first-order valence-corrected chi connectivity index (χ1v) is 13.8. The third-order valence-electron chi connectivity index (χ3n) is 6.92. The number of halogens is 2. The Balaban J connectivity index is 1.58. The highest BCUT2D eigenvalue weighted by Crippen LogP contribution is 2.40. The van der Waals surface area contributed by atoms with Gasteiger partial charge in [0.1, 0.15) is 11.5 Å². The van der Waals surface area contributed by atoms with E-state index in [-0.39, 0.29) is 46.5 Å². The van der Waals surface area contributed by atoms with E-state index in [1.54, 1.807) is 28.9 Å². The number of nitrogens with one attached hydrogen (secondary N) is 1. The predicted octanol–water partition coefficient (Wildman–Crippen LogP) is 4.66. The number of fused-ring (bicyclic) bond motifs is 1. The number of rotatable bonds is 8. The lowest BCUT2D eigenvalue weighted by molar-refractivity contribution is -0.119. The molecule has 0 bridgehead atoms. The zero-order valence-corrected chi connectivity index (χ0v) is 21.8. The molecule has 0 unspecified atom stereocenters. The van der Waals surface area contributed by atoms with Gasteiger partial charge in [0.15, 0.2) is 9.84 Å². The molecule has 3 heterocycles. The zero-order chi connectivity index (χ0) is 26.6. The molecule has 1 saturated carbocycles. The number of aromatic nitrogens is 3. The summed E-state index contributed by atoms with van der Waals surface area (Å²) in [4.78, 5) is 21.0. The molecule has 11 heteroatoms. The summed E-state index contributed by atoms with van der Waals surface area (Å²) in [6.45, 7) is 3.86. The van der Waals surface area contributed by atoms with E-state index >= 15 is 0 Å². The number of benzene rings is 1. The maximum atomic E-state index is 13.5. The minimum Gasteiger partial charge on any atom is -0.353 e. The Morgan fingerprint density at radius 1 is 1.19 bits per heavy atom. The molecule has 0 radical (unpaired) electrons. The fourth-order valence-corrected chi connectivity index (χ4v) is 5.36. The van der Waals surface area contributed by atoms with Gasteiger partial charge in [-0.2, -0.15) is 5.10 Å². The number of sulfone groups is 1. The van der Waals surface area contributed by atoms with Gasteiger partial charge in [-0.15, -0.1) is 0 Å². The molecule has 8 nitrogen and oxygen atoms in total. The Labute approximate surface area is 213 Å². The molecule has 0 saturated heterocycles. The lowest BCUT2D eigenvalue weighted by Gasteiger charge is -2.15. The molecule has 1 aliphatic heterocycles. The fraction of sp³-hybridized carbons (Fsp3) is 0.385. The fourth-order valence-electron chi connectivity index (χ4n) is 4.50. The van der Waals surface area contributed by atoms with E-state index in [9.17, 15) is 22.0 Å². The Bertz CT molecular complexity index is 1570. The van der Waals surface area contributed by atoms with Crippen LogP contribution in [0.15, 0.2) is 34.2 Å². The molecule has 194 valence electrons. The van der Waals surface area contributed by atoms with Gasteiger partial charge in [0, 0.05) is 43.3 Å². The topological polar surface area (TPSA) is 106 Å². The molecule has 0 spiro atoms. The van der Waals surface area contributed by atoms with Gasteiger partial charge < -0.3 is 5.32 Å². The van der Waals surface area contributed by atoms with Gasteiger partial charge in [-0.3, -0.25) is 14.5 Å². The standard InChI is InChI=1S/C26H27F2N5O3S/c1-13-14(2)33(3)32-24(13)16-7-8-18(23(9-16)37(4,35)36)30-19-10-17(11-22(34)15-5-6-15)29-20-12-21(26(27)28)31-25(19)20/h7-10,15,26H,5-6,11-12H2,1-4H3,(H,29,30). The Morgan fingerprint density at radius 2 is 1.92 bits per heavy atom. The summed E-state index contributed by atoms with van der Waals surface area (Å²) >= 11 is 0. The van der Waals surface area contributed by atoms with E-state index in [0.717, 1.165) is 30.4 Å². The van der Waals surface area contributed by atoms with Crippen molar-refractivity contribution < 1.29 is 22.0 Å². The maximum absolute atomic E-state index is 13.5. The van der Waals surface area contributed by atoms with Crippen LogP contribution in [0.5, 0.6) is 0 Å². The normalized spacial score (nSPS) is 15.2. The van der Waals surface area contributed by atoms with Crippen molar-refractivity contribution in [1.82, 2.24) is 14.8 Å². The van der Waals surface area contributed by atoms with Gasteiger partial charge in [-0.05, 0) is 50.5 Å². The van der Waals surface area contributed by atoms with Gasteiger partial charge in [0.05, 0.1) is 39.1 Å². The van der Waals surface area contributed by atoms with Crippen LogP contribution in [0.25, 0.3) is 11.3 Å². The van der Waals surface area contributed by atoms with E-state index in [2.05, 4.69) is 20.4 Å². The van der Waals surface area contributed by atoms with E-state index in [1.807, 2.05) is 20.9 Å². The minimum atomic E-state index is -3.69. The second kappa shape index (κ2) is 9.13. The summed E-state index contributed by atoms with van der Waals surface area (Å²) < 4.78 is 54.3. The lowest BCUT2D eigenvalue weighted by atomic mass is 10.1. The number of alkyl halides is 2. The molecule has 0 atom stereocenters. The molecule has 1 aliphatic carbocycles. The van der Waals surface area contributed by atoms with Crippen LogP contribution < -0.4 is 5.32 Å². The second-order valence-corrected chi connectivity index (χ2v) is 11.7. The van der Waals surface area contributed by atoms with Crippen LogP contribution >= 0.6 is 0 Å². The third kappa shape index (κ3) is 4.92. The number of hydrogen-bond acceptors (Lipinski definition) is 7. The van der Waals surface area contributed by atoms with Crippen LogP contribution in [0.1, 0.15) is 35.5 Å². The summed E-state index contributed by atoms with van der Waals surface area (Å²) in [5.74, 6) is 0.0935. The van der Waals surface area contributed by atoms with Crippen molar-refractivity contribution in [2.24, 2.45) is 18.0 Å². The number of aryl methyl sites for hydroxylation is 1. The average molecular weight is 528 g/mol. The average Bonchev–Trinajstić information content (AvgIpc) is 3.54. The molecule has 1 N–H and O–H groups in total. The number of carbonyl (C=O) groups excluding carboxylic acids is 1. The summed E-state index contributed by atoms with van der Waals surface area (Å²) in [5, 5.41) is 7.62. The number of anilines is 2. The Hall–Kier alpha value is -3.47.